The van der Waals surface area contributed by atoms with Crippen LogP contribution in [-0.2, 0) is 11.3 Å². The lowest BCUT2D eigenvalue weighted by atomic mass is 10.2. The molecule has 0 aromatic carbocycles. The molecular weight excluding hydrogens is 420 g/mol. The zero-order chi connectivity index (χ0) is 22.9. The van der Waals surface area contributed by atoms with E-state index in [0.29, 0.717) is 30.0 Å². The number of carbonyl (C=O) groups excluding carboxylic acids is 1. The first-order valence-corrected chi connectivity index (χ1v) is 10.6. The summed E-state index contributed by atoms with van der Waals surface area (Å²) in [4.78, 5) is 39.2. The molecule has 9 heteroatoms. The summed E-state index contributed by atoms with van der Waals surface area (Å²) in [6.45, 7) is 2.84. The number of fused-ring (bicyclic) bond motifs is 2. The van der Waals surface area contributed by atoms with Gasteiger partial charge in [0.25, 0.3) is 11.5 Å². The largest absolute Gasteiger partial charge is 0.376 e. The molecule has 1 atom stereocenters. The summed E-state index contributed by atoms with van der Waals surface area (Å²) in [7, 11) is 0. The number of nitriles is 1. The van der Waals surface area contributed by atoms with E-state index in [4.69, 9.17) is 9.72 Å². The minimum atomic E-state index is -0.511. The molecule has 5 heterocycles. The van der Waals surface area contributed by atoms with E-state index in [9.17, 15) is 14.9 Å². The van der Waals surface area contributed by atoms with Crippen LogP contribution in [0.25, 0.3) is 16.7 Å². The van der Waals surface area contributed by atoms with Crippen LogP contribution in [0.2, 0.25) is 0 Å². The predicted octanol–water partition coefficient (Wildman–Crippen LogP) is 2.14. The van der Waals surface area contributed by atoms with E-state index in [2.05, 4.69) is 16.0 Å². The maximum Gasteiger partial charge on any atom is 0.279 e. The van der Waals surface area contributed by atoms with Crippen LogP contribution < -0.4 is 11.0 Å². The molecule has 0 aliphatic carbocycles. The van der Waals surface area contributed by atoms with Crippen LogP contribution in [0.1, 0.15) is 34.3 Å². The maximum absolute atomic E-state index is 13.3. The van der Waals surface area contributed by atoms with Crippen LogP contribution in [0, 0.1) is 18.3 Å². The molecule has 0 unspecified atom stereocenters. The van der Waals surface area contributed by atoms with Gasteiger partial charge in [0.1, 0.15) is 17.4 Å². The number of amides is 1. The highest BCUT2D eigenvalue weighted by Gasteiger charge is 2.21. The Morgan fingerprint density at radius 3 is 2.85 bits per heavy atom. The van der Waals surface area contributed by atoms with Crippen molar-refractivity contribution in [3.05, 3.63) is 81.5 Å². The van der Waals surface area contributed by atoms with Crippen molar-refractivity contribution < 1.29 is 9.53 Å². The number of ether oxygens (including phenoxy) is 1. The fourth-order valence-electron chi connectivity index (χ4n) is 4.11. The quantitative estimate of drug-likeness (QED) is 0.451. The molecule has 9 nitrogen and oxygen atoms in total. The van der Waals surface area contributed by atoms with Gasteiger partial charge in [0.05, 0.1) is 23.6 Å². The van der Waals surface area contributed by atoms with Crippen molar-refractivity contribution in [2.24, 2.45) is 4.99 Å². The Hall–Kier alpha value is -4.16. The van der Waals surface area contributed by atoms with Crippen LogP contribution >= 0.6 is 0 Å². The van der Waals surface area contributed by atoms with E-state index in [0.717, 1.165) is 18.4 Å². The van der Waals surface area contributed by atoms with E-state index >= 15 is 0 Å². The zero-order valence-corrected chi connectivity index (χ0v) is 17.9. The third-order valence-corrected chi connectivity index (χ3v) is 5.77. The average molecular weight is 440 g/mol. The topological polar surface area (TPSA) is 115 Å². The number of aromatic nitrogens is 4. The van der Waals surface area contributed by atoms with Gasteiger partial charge in [-0.3, -0.25) is 19.0 Å². The van der Waals surface area contributed by atoms with Crippen molar-refractivity contribution in [1.82, 2.24) is 18.9 Å². The van der Waals surface area contributed by atoms with Gasteiger partial charge in [0.2, 0.25) is 0 Å². The van der Waals surface area contributed by atoms with Crippen molar-refractivity contribution in [3.63, 3.8) is 0 Å². The number of hydrogen-bond acceptors (Lipinski definition) is 6. The average Bonchev–Trinajstić information content (AvgIpc) is 3.35. The van der Waals surface area contributed by atoms with Crippen molar-refractivity contribution >= 4 is 22.6 Å². The molecule has 5 rings (SSSR count). The Balaban J connectivity index is 1.86. The lowest BCUT2D eigenvalue weighted by Crippen LogP contribution is -2.33. The van der Waals surface area contributed by atoms with Crippen LogP contribution in [0.3, 0.4) is 0 Å². The molecule has 1 saturated heterocycles. The second kappa shape index (κ2) is 8.41. The highest BCUT2D eigenvalue weighted by atomic mass is 16.5. The van der Waals surface area contributed by atoms with Gasteiger partial charge in [-0.15, -0.1) is 0 Å². The summed E-state index contributed by atoms with van der Waals surface area (Å²) >= 11 is 0. The Bertz CT molecular complexity index is 1560. The van der Waals surface area contributed by atoms with Crippen LogP contribution in [0.5, 0.6) is 0 Å². The number of nitrogens with zero attached hydrogens (tertiary/aromatic N) is 6. The summed E-state index contributed by atoms with van der Waals surface area (Å²) in [5.74, 6) is -0.511. The Morgan fingerprint density at radius 1 is 1.30 bits per heavy atom. The van der Waals surface area contributed by atoms with Gasteiger partial charge in [0, 0.05) is 30.8 Å². The Morgan fingerprint density at radius 2 is 2.12 bits per heavy atom. The molecule has 4 aromatic heterocycles. The van der Waals surface area contributed by atoms with Gasteiger partial charge in [0.15, 0.2) is 5.49 Å². The Labute approximate surface area is 188 Å². The number of rotatable bonds is 3. The zero-order valence-electron chi connectivity index (χ0n) is 17.9. The summed E-state index contributed by atoms with van der Waals surface area (Å²) < 4.78 is 8.96. The van der Waals surface area contributed by atoms with E-state index in [1.807, 2.05) is 13.0 Å². The van der Waals surface area contributed by atoms with Gasteiger partial charge >= 0.3 is 0 Å². The van der Waals surface area contributed by atoms with Crippen molar-refractivity contribution in [1.29, 1.82) is 5.26 Å². The molecule has 4 aromatic rings. The molecule has 33 heavy (non-hydrogen) atoms. The molecule has 0 saturated carbocycles. The van der Waals surface area contributed by atoms with E-state index in [1.54, 1.807) is 29.0 Å². The van der Waals surface area contributed by atoms with E-state index < -0.39 is 5.91 Å². The first-order valence-electron chi connectivity index (χ1n) is 10.6. The smallest absolute Gasteiger partial charge is 0.279 e. The van der Waals surface area contributed by atoms with Crippen molar-refractivity contribution in [2.45, 2.75) is 32.4 Å². The maximum atomic E-state index is 13.3. The van der Waals surface area contributed by atoms with Gasteiger partial charge in [-0.25, -0.2) is 4.98 Å². The van der Waals surface area contributed by atoms with Crippen molar-refractivity contribution in [2.75, 3.05) is 6.61 Å². The molecule has 0 radical (unpaired) electrons. The van der Waals surface area contributed by atoms with Gasteiger partial charge in [-0.05, 0) is 49.6 Å². The van der Waals surface area contributed by atoms with Gasteiger partial charge in [-0.2, -0.15) is 10.3 Å². The molecule has 0 N–H and O–H groups in total. The summed E-state index contributed by atoms with van der Waals surface area (Å²) in [6.07, 6.45) is 6.28. The number of aryl methyl sites for hydroxylation is 1. The highest BCUT2D eigenvalue weighted by molar-refractivity contribution is 5.94. The fraction of sp³-hybridized carbons (Fsp3) is 0.250. The lowest BCUT2D eigenvalue weighted by Gasteiger charge is -2.17. The third kappa shape index (κ3) is 3.70. The van der Waals surface area contributed by atoms with Crippen molar-refractivity contribution in [3.8, 4) is 6.07 Å². The molecule has 1 amide bonds. The molecule has 1 aliphatic rings. The molecule has 1 aliphatic heterocycles. The minimum absolute atomic E-state index is 0.120. The summed E-state index contributed by atoms with van der Waals surface area (Å²) in [5.41, 5.74) is 2.04. The minimum Gasteiger partial charge on any atom is -0.376 e. The molecule has 1 fully saturated rings. The molecule has 0 bridgehead atoms. The molecule has 164 valence electrons. The number of carbonyl (C=O) groups is 1. The monoisotopic (exact) mass is 440 g/mol. The van der Waals surface area contributed by atoms with Crippen LogP contribution in [0.4, 0.5) is 0 Å². The molecular formula is C24H20N6O3. The standard InChI is InChI=1S/C24H20N6O3/c1-15-4-2-10-29-20(15)27-22-19(24(29)32)12-17(13-25)21(30(22)14-18-5-3-11-33-18)28-23(31)16-6-8-26-9-7-16/h2,4,6-10,12,18H,3,5,11,14H2,1H3/t18-/m0/s1. The summed E-state index contributed by atoms with van der Waals surface area (Å²) in [6, 6.07) is 10.3. The number of pyridine rings is 3. The first-order chi connectivity index (χ1) is 16.1. The lowest BCUT2D eigenvalue weighted by molar-refractivity contribution is 0.0952. The Kier molecular flexibility index (Phi) is 5.28. The van der Waals surface area contributed by atoms with E-state index in [-0.39, 0.29) is 28.1 Å². The van der Waals surface area contributed by atoms with Crippen LogP contribution in [-0.4, -0.2) is 37.6 Å². The SMILES string of the molecule is Cc1cccn2c(=O)c3cc(C#N)c(=NC(=O)c4ccncc4)n(C[C@@H]4CCCO4)c3nc12. The fourth-order valence-corrected chi connectivity index (χ4v) is 4.11. The van der Waals surface area contributed by atoms with E-state index in [1.165, 1.54) is 22.9 Å². The van der Waals surface area contributed by atoms with Gasteiger partial charge < -0.3 is 9.30 Å². The van der Waals surface area contributed by atoms with Gasteiger partial charge in [-0.1, -0.05) is 6.07 Å². The summed E-state index contributed by atoms with van der Waals surface area (Å²) in [5, 5.41) is 10.2. The predicted molar refractivity (Wildman–Crippen MR) is 120 cm³/mol. The van der Waals surface area contributed by atoms with Crippen LogP contribution in [0.15, 0.2) is 58.7 Å². The molecule has 0 spiro atoms. The second-order valence-corrected chi connectivity index (χ2v) is 7.93. The number of hydrogen-bond donors (Lipinski definition) is 0. The highest BCUT2D eigenvalue weighted by Crippen LogP contribution is 2.17. The second-order valence-electron chi connectivity index (χ2n) is 7.93. The normalized spacial score (nSPS) is 16.4. The first kappa shape index (κ1) is 20.7. The third-order valence-electron chi connectivity index (χ3n) is 5.77.